The molecular formula is C8H9N5O2. The number of hydrogen-bond donors (Lipinski definition) is 3. The van der Waals surface area contributed by atoms with Gasteiger partial charge in [-0.2, -0.15) is 10.4 Å². The lowest BCUT2D eigenvalue weighted by Gasteiger charge is -2.03. The number of urea groups is 1. The first kappa shape index (κ1) is 10.7. The van der Waals surface area contributed by atoms with Crippen LogP contribution >= 0.6 is 0 Å². The molecular weight excluding hydrogens is 198 g/mol. The summed E-state index contributed by atoms with van der Waals surface area (Å²) in [5.41, 5.74) is -0.342. The van der Waals surface area contributed by atoms with Crippen LogP contribution in [0.1, 0.15) is 6.42 Å². The average Bonchev–Trinajstić information content (AvgIpc) is 2.22. The molecule has 1 aromatic rings. The van der Waals surface area contributed by atoms with Crippen LogP contribution in [0.4, 0.5) is 10.6 Å². The summed E-state index contributed by atoms with van der Waals surface area (Å²) in [6, 6.07) is 4.05. The number of rotatable bonds is 3. The van der Waals surface area contributed by atoms with Crippen molar-refractivity contribution < 1.29 is 4.79 Å². The maximum atomic E-state index is 11.1. The highest BCUT2D eigenvalue weighted by molar-refractivity contribution is 5.87. The number of amides is 2. The number of aromatic nitrogens is 2. The molecule has 0 atom stereocenters. The molecule has 1 aromatic heterocycles. The third kappa shape index (κ3) is 3.91. The Hall–Kier alpha value is -2.36. The van der Waals surface area contributed by atoms with Crippen molar-refractivity contribution in [3.8, 4) is 6.07 Å². The van der Waals surface area contributed by atoms with E-state index in [9.17, 15) is 9.59 Å². The first-order chi connectivity index (χ1) is 7.22. The molecule has 0 aliphatic heterocycles. The summed E-state index contributed by atoms with van der Waals surface area (Å²) in [6.45, 7) is 0.270. The Morgan fingerprint density at radius 2 is 2.40 bits per heavy atom. The quantitative estimate of drug-likeness (QED) is 0.596. The molecule has 3 N–H and O–H groups in total. The van der Waals surface area contributed by atoms with Crippen molar-refractivity contribution in [2.45, 2.75) is 6.42 Å². The molecule has 0 aromatic carbocycles. The van der Waals surface area contributed by atoms with Gasteiger partial charge in [0.15, 0.2) is 5.82 Å². The van der Waals surface area contributed by atoms with Gasteiger partial charge in [-0.1, -0.05) is 0 Å². The van der Waals surface area contributed by atoms with Gasteiger partial charge in [0, 0.05) is 12.6 Å². The van der Waals surface area contributed by atoms with Gasteiger partial charge in [-0.15, -0.1) is 0 Å². The lowest BCUT2D eigenvalue weighted by molar-refractivity contribution is 0.252. The van der Waals surface area contributed by atoms with E-state index < -0.39 is 6.03 Å². The zero-order chi connectivity index (χ0) is 11.1. The van der Waals surface area contributed by atoms with Crippen LogP contribution in [0.3, 0.4) is 0 Å². The molecule has 78 valence electrons. The fraction of sp³-hybridized carbons (Fsp3) is 0.250. The van der Waals surface area contributed by atoms with Gasteiger partial charge in [-0.3, -0.25) is 10.1 Å². The second kappa shape index (κ2) is 5.39. The number of anilines is 1. The van der Waals surface area contributed by atoms with Gasteiger partial charge in [0.2, 0.25) is 0 Å². The minimum Gasteiger partial charge on any atom is -0.337 e. The Morgan fingerprint density at radius 1 is 1.60 bits per heavy atom. The fourth-order valence-electron chi connectivity index (χ4n) is 0.807. The number of carbonyl (C=O) groups excluding carboxylic acids is 1. The Labute approximate surface area is 85.1 Å². The molecule has 0 unspecified atom stereocenters. The molecule has 0 saturated carbocycles. The standard InChI is InChI=1S/C8H9N5O2/c9-4-1-5-10-8(15)11-6-2-3-7(14)13-12-6/h2-3H,1,5H2,(H,13,14)(H2,10,11,12,15). The molecule has 2 amide bonds. The molecule has 0 spiro atoms. The van der Waals surface area contributed by atoms with Gasteiger partial charge >= 0.3 is 6.03 Å². The zero-order valence-corrected chi connectivity index (χ0v) is 7.78. The molecule has 0 saturated heterocycles. The van der Waals surface area contributed by atoms with Gasteiger partial charge in [0.25, 0.3) is 5.56 Å². The summed E-state index contributed by atoms with van der Waals surface area (Å²) in [5, 5.41) is 18.8. The summed E-state index contributed by atoms with van der Waals surface area (Å²) < 4.78 is 0. The molecule has 0 aliphatic rings. The van der Waals surface area contributed by atoms with Crippen molar-refractivity contribution in [1.82, 2.24) is 15.5 Å². The first-order valence-corrected chi connectivity index (χ1v) is 4.20. The van der Waals surface area contributed by atoms with Gasteiger partial charge in [0.05, 0.1) is 12.5 Å². The SMILES string of the molecule is N#CCCNC(=O)Nc1ccc(=O)[nH]n1. The summed E-state index contributed by atoms with van der Waals surface area (Å²) in [5.74, 6) is 0.240. The minimum absolute atomic E-state index is 0.240. The highest BCUT2D eigenvalue weighted by Crippen LogP contribution is 1.94. The van der Waals surface area contributed by atoms with Crippen molar-refractivity contribution in [3.63, 3.8) is 0 Å². The van der Waals surface area contributed by atoms with Crippen molar-refractivity contribution in [3.05, 3.63) is 22.5 Å². The maximum absolute atomic E-state index is 11.1. The van der Waals surface area contributed by atoms with Crippen LogP contribution in [0, 0.1) is 11.3 Å². The Bertz CT molecular complexity index is 413. The monoisotopic (exact) mass is 207 g/mol. The predicted octanol–water partition coefficient (Wildman–Crippen LogP) is -0.195. The van der Waals surface area contributed by atoms with Crippen molar-refractivity contribution >= 4 is 11.8 Å². The molecule has 1 heterocycles. The van der Waals surface area contributed by atoms with Gasteiger partial charge in [0.1, 0.15) is 0 Å². The Balaban J connectivity index is 2.42. The van der Waals surface area contributed by atoms with Gasteiger partial charge < -0.3 is 5.32 Å². The average molecular weight is 207 g/mol. The normalized spacial score (nSPS) is 9.00. The summed E-state index contributed by atoms with van der Waals surface area (Å²) in [4.78, 5) is 21.7. The molecule has 0 aliphatic carbocycles. The third-order valence-corrected chi connectivity index (χ3v) is 1.44. The van der Waals surface area contributed by atoms with Crippen LogP contribution in [-0.4, -0.2) is 22.8 Å². The second-order valence-corrected chi connectivity index (χ2v) is 2.60. The van der Waals surface area contributed by atoms with E-state index in [1.165, 1.54) is 12.1 Å². The van der Waals surface area contributed by atoms with Gasteiger partial charge in [-0.05, 0) is 6.07 Å². The maximum Gasteiger partial charge on any atom is 0.320 e. The number of nitrogens with one attached hydrogen (secondary N) is 3. The van der Waals surface area contributed by atoms with E-state index in [0.717, 1.165) is 0 Å². The van der Waals surface area contributed by atoms with Crippen LogP contribution in [0.5, 0.6) is 0 Å². The highest BCUT2D eigenvalue weighted by Gasteiger charge is 2.00. The zero-order valence-electron chi connectivity index (χ0n) is 7.78. The Kier molecular flexibility index (Phi) is 3.85. The second-order valence-electron chi connectivity index (χ2n) is 2.60. The molecule has 15 heavy (non-hydrogen) atoms. The molecule has 7 heteroatoms. The van der Waals surface area contributed by atoms with E-state index in [-0.39, 0.29) is 24.3 Å². The first-order valence-electron chi connectivity index (χ1n) is 4.20. The summed E-state index contributed by atoms with van der Waals surface area (Å²) in [7, 11) is 0. The minimum atomic E-state index is -0.468. The van der Waals surface area contributed by atoms with E-state index >= 15 is 0 Å². The van der Waals surface area contributed by atoms with Crippen molar-refractivity contribution in [2.75, 3.05) is 11.9 Å². The highest BCUT2D eigenvalue weighted by atomic mass is 16.2. The molecule has 1 rings (SSSR count). The number of nitrogens with zero attached hydrogens (tertiary/aromatic N) is 2. The molecule has 0 radical (unpaired) electrons. The fourth-order valence-corrected chi connectivity index (χ4v) is 0.807. The topological polar surface area (TPSA) is 111 Å². The van der Waals surface area contributed by atoms with E-state index in [1.54, 1.807) is 0 Å². The van der Waals surface area contributed by atoms with E-state index in [2.05, 4.69) is 20.8 Å². The van der Waals surface area contributed by atoms with Crippen LogP contribution in [-0.2, 0) is 0 Å². The third-order valence-electron chi connectivity index (χ3n) is 1.44. The molecule has 0 bridgehead atoms. The van der Waals surface area contributed by atoms with Crippen LogP contribution in [0.2, 0.25) is 0 Å². The number of carbonyl (C=O) groups is 1. The predicted molar refractivity (Wildman–Crippen MR) is 52.1 cm³/mol. The lowest BCUT2D eigenvalue weighted by Crippen LogP contribution is -2.30. The number of aromatic amines is 1. The van der Waals surface area contributed by atoms with Gasteiger partial charge in [-0.25, -0.2) is 9.89 Å². The number of hydrogen-bond acceptors (Lipinski definition) is 4. The van der Waals surface area contributed by atoms with E-state index in [4.69, 9.17) is 5.26 Å². The van der Waals surface area contributed by atoms with Crippen molar-refractivity contribution in [2.24, 2.45) is 0 Å². The molecule has 0 fully saturated rings. The Morgan fingerprint density at radius 3 is 3.00 bits per heavy atom. The van der Waals surface area contributed by atoms with Crippen LogP contribution < -0.4 is 16.2 Å². The lowest BCUT2D eigenvalue weighted by atomic mass is 10.5. The largest absolute Gasteiger partial charge is 0.337 e. The smallest absolute Gasteiger partial charge is 0.320 e. The van der Waals surface area contributed by atoms with Crippen LogP contribution in [0.25, 0.3) is 0 Å². The van der Waals surface area contributed by atoms with Crippen molar-refractivity contribution in [1.29, 1.82) is 5.26 Å². The van der Waals surface area contributed by atoms with Crippen LogP contribution in [0.15, 0.2) is 16.9 Å². The molecule has 7 nitrogen and oxygen atoms in total. The number of H-pyrrole nitrogens is 1. The summed E-state index contributed by atoms with van der Waals surface area (Å²) >= 11 is 0. The van der Waals surface area contributed by atoms with E-state index in [0.29, 0.717) is 0 Å². The number of nitriles is 1. The van der Waals surface area contributed by atoms with E-state index in [1.807, 2.05) is 6.07 Å². The summed E-state index contributed by atoms with van der Waals surface area (Å²) in [6.07, 6.45) is 0.243.